The van der Waals surface area contributed by atoms with Crippen LogP contribution in [0.3, 0.4) is 0 Å². The fourth-order valence-electron chi connectivity index (χ4n) is 7.92. The van der Waals surface area contributed by atoms with Gasteiger partial charge in [0.25, 0.3) is 0 Å². The third-order valence-corrected chi connectivity index (χ3v) is 10.1. The van der Waals surface area contributed by atoms with Gasteiger partial charge in [-0.2, -0.15) is 0 Å². The molecule has 10 aromatic rings. The first-order valence-corrected chi connectivity index (χ1v) is 16.9. The van der Waals surface area contributed by atoms with Crippen molar-refractivity contribution in [3.05, 3.63) is 182 Å². The zero-order valence-corrected chi connectivity index (χ0v) is 26.7. The Morgan fingerprint density at radius 1 is 0.286 bits per heavy atom. The molecule has 0 amide bonds. The predicted molar refractivity (Wildman–Crippen MR) is 208 cm³/mol. The van der Waals surface area contributed by atoms with Crippen molar-refractivity contribution in [2.45, 2.75) is 0 Å². The smallest absolute Gasteiger partial charge is 0.143 e. The molecule has 0 unspecified atom stereocenters. The molecule has 9 aromatic carbocycles. The van der Waals surface area contributed by atoms with E-state index in [1.54, 1.807) is 0 Å². The summed E-state index contributed by atoms with van der Waals surface area (Å²) >= 11 is 0. The molecule has 0 spiro atoms. The third-order valence-electron chi connectivity index (χ3n) is 10.1. The van der Waals surface area contributed by atoms with Crippen LogP contribution < -0.4 is 0 Å². The van der Waals surface area contributed by atoms with Crippen LogP contribution in [0.2, 0.25) is 0 Å². The lowest BCUT2D eigenvalue weighted by Crippen LogP contribution is -1.91. The number of hydrogen-bond acceptors (Lipinski definition) is 1. The van der Waals surface area contributed by atoms with Crippen molar-refractivity contribution in [2.24, 2.45) is 0 Å². The minimum Gasteiger partial charge on any atom is -0.455 e. The van der Waals surface area contributed by atoms with E-state index in [4.69, 9.17) is 4.42 Å². The van der Waals surface area contributed by atoms with Crippen molar-refractivity contribution < 1.29 is 4.42 Å². The molecule has 0 radical (unpaired) electrons. The van der Waals surface area contributed by atoms with E-state index >= 15 is 0 Å². The van der Waals surface area contributed by atoms with Crippen LogP contribution in [0.15, 0.2) is 186 Å². The first-order valence-electron chi connectivity index (χ1n) is 16.9. The number of para-hydroxylation sites is 1. The van der Waals surface area contributed by atoms with Gasteiger partial charge in [-0.15, -0.1) is 0 Å². The monoisotopic (exact) mass is 622 g/mol. The maximum Gasteiger partial charge on any atom is 0.143 e. The Balaban J connectivity index is 1.16. The van der Waals surface area contributed by atoms with E-state index < -0.39 is 0 Å². The molecule has 0 aliphatic rings. The highest BCUT2D eigenvalue weighted by molar-refractivity contribution is 6.23. The summed E-state index contributed by atoms with van der Waals surface area (Å²) in [5.41, 5.74) is 11.5. The maximum absolute atomic E-state index is 6.62. The lowest BCUT2D eigenvalue weighted by Gasteiger charge is -2.19. The fourth-order valence-corrected chi connectivity index (χ4v) is 7.92. The van der Waals surface area contributed by atoms with E-state index in [1.807, 2.05) is 0 Å². The molecule has 0 saturated carbocycles. The van der Waals surface area contributed by atoms with E-state index in [-0.39, 0.29) is 0 Å². The number of hydrogen-bond donors (Lipinski definition) is 0. The molecule has 1 heteroatoms. The third kappa shape index (κ3) is 4.33. The fraction of sp³-hybridized carbons (Fsp3) is 0. The summed E-state index contributed by atoms with van der Waals surface area (Å²) in [7, 11) is 0. The predicted octanol–water partition coefficient (Wildman–Crippen LogP) is 13.7. The summed E-state index contributed by atoms with van der Waals surface area (Å²) in [4.78, 5) is 0. The van der Waals surface area contributed by atoms with Gasteiger partial charge in [-0.3, -0.25) is 0 Å². The van der Waals surface area contributed by atoms with Gasteiger partial charge in [0.1, 0.15) is 11.2 Å². The highest BCUT2D eigenvalue weighted by Gasteiger charge is 2.19. The average Bonchev–Trinajstić information content (AvgIpc) is 3.57. The second-order valence-electron chi connectivity index (χ2n) is 12.8. The first-order chi connectivity index (χ1) is 24.3. The summed E-state index contributed by atoms with van der Waals surface area (Å²) in [6.45, 7) is 0. The molecule has 0 fully saturated rings. The van der Waals surface area contributed by atoms with Crippen LogP contribution in [-0.4, -0.2) is 0 Å². The first kappa shape index (κ1) is 27.7. The normalized spacial score (nSPS) is 11.7. The maximum atomic E-state index is 6.62. The molecular weight excluding hydrogens is 593 g/mol. The summed E-state index contributed by atoms with van der Waals surface area (Å²) in [5, 5.41) is 9.85. The minimum absolute atomic E-state index is 0.907. The number of benzene rings is 9. The molecule has 1 heterocycles. The van der Waals surface area contributed by atoms with E-state index in [0.717, 1.165) is 33.1 Å². The van der Waals surface area contributed by atoms with Crippen LogP contribution in [0.1, 0.15) is 0 Å². The van der Waals surface area contributed by atoms with Crippen molar-refractivity contribution in [1.82, 2.24) is 0 Å². The molecule has 1 nitrogen and oxygen atoms in total. The van der Waals surface area contributed by atoms with Gasteiger partial charge >= 0.3 is 0 Å². The van der Waals surface area contributed by atoms with Gasteiger partial charge in [-0.1, -0.05) is 176 Å². The minimum atomic E-state index is 0.907. The molecule has 1 aromatic heterocycles. The largest absolute Gasteiger partial charge is 0.455 e. The van der Waals surface area contributed by atoms with Gasteiger partial charge in [0.05, 0.1) is 0 Å². The number of rotatable bonds is 4. The Labute approximate surface area is 284 Å². The SMILES string of the molecule is c1ccc(-c2cccc3oc4c(-c5ccc(-c6c7ccccc7c(-c7cccc8ccccc78)c7ccccc67)cc5)cccc4c23)cc1. The molecule has 0 aliphatic heterocycles. The molecule has 0 atom stereocenters. The number of furan rings is 1. The number of fused-ring (bicyclic) bond motifs is 6. The highest BCUT2D eigenvalue weighted by atomic mass is 16.3. The van der Waals surface area contributed by atoms with Crippen molar-refractivity contribution in [2.75, 3.05) is 0 Å². The topological polar surface area (TPSA) is 13.1 Å². The average molecular weight is 623 g/mol. The molecule has 49 heavy (non-hydrogen) atoms. The van der Waals surface area contributed by atoms with Crippen LogP contribution in [0, 0.1) is 0 Å². The molecule has 228 valence electrons. The van der Waals surface area contributed by atoms with Crippen LogP contribution in [0.25, 0.3) is 98.8 Å². The lowest BCUT2D eigenvalue weighted by molar-refractivity contribution is 0.670. The summed E-state index contributed by atoms with van der Waals surface area (Å²) in [5.74, 6) is 0. The van der Waals surface area contributed by atoms with Crippen LogP contribution >= 0.6 is 0 Å². The Kier molecular flexibility index (Phi) is 6.25. The van der Waals surface area contributed by atoms with E-state index in [9.17, 15) is 0 Å². The quantitative estimate of drug-likeness (QED) is 0.178. The highest BCUT2D eigenvalue weighted by Crippen LogP contribution is 2.46. The van der Waals surface area contributed by atoms with Gasteiger partial charge in [0, 0.05) is 16.3 Å². The zero-order valence-electron chi connectivity index (χ0n) is 26.7. The van der Waals surface area contributed by atoms with E-state index in [0.29, 0.717) is 0 Å². The van der Waals surface area contributed by atoms with Crippen molar-refractivity contribution in [3.8, 4) is 44.5 Å². The van der Waals surface area contributed by atoms with Gasteiger partial charge in [0.2, 0.25) is 0 Å². The summed E-state index contributed by atoms with van der Waals surface area (Å²) in [6.07, 6.45) is 0. The van der Waals surface area contributed by atoms with E-state index in [2.05, 4.69) is 182 Å². The molecular formula is C48H30O. The molecule has 0 bridgehead atoms. The molecule has 0 saturated heterocycles. The Morgan fingerprint density at radius 3 is 1.51 bits per heavy atom. The van der Waals surface area contributed by atoms with Crippen molar-refractivity contribution >= 4 is 54.3 Å². The van der Waals surface area contributed by atoms with Gasteiger partial charge in [-0.05, 0) is 77.3 Å². The molecule has 0 N–H and O–H groups in total. The van der Waals surface area contributed by atoms with Crippen LogP contribution in [-0.2, 0) is 0 Å². The van der Waals surface area contributed by atoms with Gasteiger partial charge in [0.15, 0.2) is 0 Å². The zero-order chi connectivity index (χ0) is 32.3. The van der Waals surface area contributed by atoms with Gasteiger partial charge in [-0.25, -0.2) is 0 Å². The van der Waals surface area contributed by atoms with Gasteiger partial charge < -0.3 is 4.42 Å². The molecule has 10 rings (SSSR count). The second kappa shape index (κ2) is 11.1. The molecule has 0 aliphatic carbocycles. The Hall–Kier alpha value is -6.44. The second-order valence-corrected chi connectivity index (χ2v) is 12.8. The van der Waals surface area contributed by atoms with Crippen molar-refractivity contribution in [1.29, 1.82) is 0 Å². The standard InChI is InChI=1S/C48H30O/c1-2-13-32(14-3-1)36-22-12-26-44-47(36)43-25-11-23-37(48(43)49-44)33-27-29-34(30-28-33)45-39-18-6-8-20-41(39)46(42-21-9-7-19-40(42)45)38-24-10-16-31-15-4-5-17-35(31)38/h1-30H. The lowest BCUT2D eigenvalue weighted by atomic mass is 9.84. The Morgan fingerprint density at radius 2 is 0.776 bits per heavy atom. The van der Waals surface area contributed by atoms with Crippen LogP contribution in [0.5, 0.6) is 0 Å². The van der Waals surface area contributed by atoms with Crippen molar-refractivity contribution in [3.63, 3.8) is 0 Å². The summed E-state index contributed by atoms with van der Waals surface area (Å²) in [6, 6.07) is 65.6. The van der Waals surface area contributed by atoms with Crippen LogP contribution in [0.4, 0.5) is 0 Å². The Bertz CT molecular complexity index is 2790. The summed E-state index contributed by atoms with van der Waals surface area (Å²) < 4.78 is 6.62. The van der Waals surface area contributed by atoms with E-state index in [1.165, 1.54) is 65.7 Å².